The molecule has 1 aliphatic carbocycles. The highest BCUT2D eigenvalue weighted by molar-refractivity contribution is 6.03. The Morgan fingerprint density at radius 2 is 2.17 bits per heavy atom. The molecule has 0 aromatic carbocycles. The van der Waals surface area contributed by atoms with E-state index in [2.05, 4.69) is 53.9 Å². The number of aliphatic hydroxyl groups excluding tert-OH is 1. The molecule has 1 unspecified atom stereocenters. The van der Waals surface area contributed by atoms with Crippen molar-refractivity contribution in [2.75, 3.05) is 13.2 Å². The number of nitrogens with zero attached hydrogens (tertiary/aromatic N) is 2. The van der Waals surface area contributed by atoms with Gasteiger partial charge in [0.05, 0.1) is 17.7 Å². The first-order valence-corrected chi connectivity index (χ1v) is 8.33. The molecule has 124 valence electrons. The van der Waals surface area contributed by atoms with Gasteiger partial charge in [-0.05, 0) is 63.8 Å². The standard InChI is InChI=1S/C20H28N2O/c1-5-8-11-19(22-7-3)20(4)14-9-10-17(16-23)12-13-18(15-20)21-6-2/h6,8,10-11,15,23H,5,7,12-13,16H2,1-4H3/b11-8-,17-10+,18-15+,21-6?,22-19?. The van der Waals surface area contributed by atoms with E-state index < -0.39 is 5.41 Å². The highest BCUT2D eigenvalue weighted by Gasteiger charge is 2.25. The first-order valence-electron chi connectivity index (χ1n) is 8.33. The predicted molar refractivity (Wildman–Crippen MR) is 99.9 cm³/mol. The van der Waals surface area contributed by atoms with Gasteiger partial charge in [0.25, 0.3) is 0 Å². The fraction of sp³-hybridized carbons (Fsp3) is 0.500. The van der Waals surface area contributed by atoms with Gasteiger partial charge in [-0.3, -0.25) is 9.98 Å². The van der Waals surface area contributed by atoms with E-state index >= 15 is 0 Å². The van der Waals surface area contributed by atoms with Crippen LogP contribution in [0.4, 0.5) is 0 Å². The molecule has 0 radical (unpaired) electrons. The molecule has 0 aromatic rings. The van der Waals surface area contributed by atoms with Crippen LogP contribution in [0.25, 0.3) is 0 Å². The van der Waals surface area contributed by atoms with Crippen LogP contribution in [0.3, 0.4) is 0 Å². The lowest BCUT2D eigenvalue weighted by Gasteiger charge is -2.21. The number of allylic oxidation sites excluding steroid dienone is 5. The lowest BCUT2D eigenvalue weighted by Crippen LogP contribution is -2.23. The summed E-state index contributed by atoms with van der Waals surface area (Å²) in [4.78, 5) is 9.15. The number of aliphatic hydroxyl groups is 1. The van der Waals surface area contributed by atoms with E-state index in [9.17, 15) is 5.11 Å². The molecule has 0 fully saturated rings. The maximum Gasteiger partial charge on any atom is 0.0904 e. The summed E-state index contributed by atoms with van der Waals surface area (Å²) in [6.07, 6.45) is 12.4. The van der Waals surface area contributed by atoms with Gasteiger partial charge in [0, 0.05) is 18.5 Å². The smallest absolute Gasteiger partial charge is 0.0904 e. The molecule has 0 heterocycles. The summed E-state index contributed by atoms with van der Waals surface area (Å²) in [6.45, 7) is 8.90. The van der Waals surface area contributed by atoms with Gasteiger partial charge in [0.15, 0.2) is 0 Å². The minimum Gasteiger partial charge on any atom is -0.392 e. The summed E-state index contributed by atoms with van der Waals surface area (Å²) in [5.41, 5.74) is 2.40. The van der Waals surface area contributed by atoms with Crippen molar-refractivity contribution in [3.05, 3.63) is 35.6 Å². The normalized spacial score (nSPS) is 27.4. The SMILES string of the molecule is CC=N/C1=C/C(C)(C(/C=C\CC)=NCC)C#C/C=C(/CO)CC1. The first-order chi connectivity index (χ1) is 11.1. The molecule has 1 N–H and O–H groups in total. The number of hydrogen-bond acceptors (Lipinski definition) is 3. The van der Waals surface area contributed by atoms with Crippen molar-refractivity contribution in [1.29, 1.82) is 0 Å². The molecular formula is C20H28N2O. The second-order valence-corrected chi connectivity index (χ2v) is 5.63. The van der Waals surface area contributed by atoms with Crippen LogP contribution in [0, 0.1) is 17.3 Å². The minimum absolute atomic E-state index is 0.0418. The van der Waals surface area contributed by atoms with Crippen LogP contribution >= 0.6 is 0 Å². The monoisotopic (exact) mass is 312 g/mol. The fourth-order valence-electron chi connectivity index (χ4n) is 2.41. The van der Waals surface area contributed by atoms with Gasteiger partial charge in [0.1, 0.15) is 0 Å². The third-order valence-electron chi connectivity index (χ3n) is 3.64. The molecule has 1 aliphatic rings. The summed E-state index contributed by atoms with van der Waals surface area (Å²) in [5.74, 6) is 6.43. The lowest BCUT2D eigenvalue weighted by atomic mass is 9.83. The zero-order valence-electron chi connectivity index (χ0n) is 14.8. The molecule has 0 spiro atoms. The number of rotatable bonds is 6. The van der Waals surface area contributed by atoms with E-state index in [1.54, 1.807) is 6.21 Å². The van der Waals surface area contributed by atoms with Crippen molar-refractivity contribution in [2.45, 2.75) is 47.0 Å². The van der Waals surface area contributed by atoms with Crippen LogP contribution in [0.5, 0.6) is 0 Å². The quantitative estimate of drug-likeness (QED) is 0.582. The molecule has 3 nitrogen and oxygen atoms in total. The summed E-state index contributed by atoms with van der Waals surface area (Å²) in [5, 5.41) is 9.43. The van der Waals surface area contributed by atoms with Crippen LogP contribution in [0.1, 0.15) is 47.0 Å². The zero-order chi connectivity index (χ0) is 17.1. The summed E-state index contributed by atoms with van der Waals surface area (Å²) in [6, 6.07) is 0. The number of hydrogen-bond donors (Lipinski definition) is 1. The lowest BCUT2D eigenvalue weighted by molar-refractivity contribution is 0.326. The second kappa shape index (κ2) is 9.97. The van der Waals surface area contributed by atoms with Gasteiger partial charge in [-0.15, -0.1) is 0 Å². The molecule has 23 heavy (non-hydrogen) atoms. The maximum atomic E-state index is 9.43. The first kappa shape index (κ1) is 19.1. The molecule has 0 aliphatic heterocycles. The maximum absolute atomic E-state index is 9.43. The zero-order valence-corrected chi connectivity index (χ0v) is 14.8. The van der Waals surface area contributed by atoms with E-state index in [-0.39, 0.29) is 6.61 Å². The van der Waals surface area contributed by atoms with Crippen LogP contribution in [0.2, 0.25) is 0 Å². The van der Waals surface area contributed by atoms with E-state index in [0.717, 1.165) is 42.8 Å². The molecule has 0 aromatic heterocycles. The third kappa shape index (κ3) is 6.00. The Kier molecular flexibility index (Phi) is 8.29. The van der Waals surface area contributed by atoms with E-state index in [4.69, 9.17) is 0 Å². The Hall–Kier alpha value is -1.92. The number of aliphatic imine (C=N–C) groups is 2. The predicted octanol–water partition coefficient (Wildman–Crippen LogP) is 4.11. The Morgan fingerprint density at radius 1 is 1.39 bits per heavy atom. The summed E-state index contributed by atoms with van der Waals surface area (Å²) in [7, 11) is 0. The molecular weight excluding hydrogens is 284 g/mol. The van der Waals surface area contributed by atoms with Gasteiger partial charge in [-0.2, -0.15) is 0 Å². The average molecular weight is 312 g/mol. The van der Waals surface area contributed by atoms with Gasteiger partial charge < -0.3 is 5.11 Å². The van der Waals surface area contributed by atoms with Gasteiger partial charge in [-0.25, -0.2) is 0 Å². The fourth-order valence-corrected chi connectivity index (χ4v) is 2.41. The highest BCUT2D eigenvalue weighted by Crippen LogP contribution is 2.27. The molecule has 1 rings (SSSR count). The van der Waals surface area contributed by atoms with E-state index in [1.807, 2.05) is 19.9 Å². The Bertz CT molecular complexity index is 597. The Labute approximate surface area is 140 Å². The largest absolute Gasteiger partial charge is 0.392 e. The van der Waals surface area contributed by atoms with E-state index in [0.29, 0.717) is 0 Å². The Morgan fingerprint density at radius 3 is 2.78 bits per heavy atom. The van der Waals surface area contributed by atoms with E-state index in [1.165, 1.54) is 0 Å². The minimum atomic E-state index is -0.481. The second-order valence-electron chi connectivity index (χ2n) is 5.63. The summed E-state index contributed by atoms with van der Waals surface area (Å²) < 4.78 is 0. The van der Waals surface area contributed by atoms with Gasteiger partial charge in [0.2, 0.25) is 0 Å². The molecule has 0 saturated heterocycles. The molecule has 0 saturated carbocycles. The average Bonchev–Trinajstić information content (AvgIpc) is 2.61. The van der Waals surface area contributed by atoms with Crippen LogP contribution in [-0.4, -0.2) is 30.2 Å². The molecule has 3 heteroatoms. The van der Waals surface area contributed by atoms with Crippen molar-refractivity contribution in [1.82, 2.24) is 0 Å². The molecule has 1 atom stereocenters. The highest BCUT2D eigenvalue weighted by atomic mass is 16.3. The van der Waals surface area contributed by atoms with Gasteiger partial charge in [-0.1, -0.05) is 24.8 Å². The van der Waals surface area contributed by atoms with Crippen molar-refractivity contribution in [3.8, 4) is 11.8 Å². The van der Waals surface area contributed by atoms with Gasteiger partial charge >= 0.3 is 0 Å². The Balaban J connectivity index is 3.42. The molecule has 0 bridgehead atoms. The topological polar surface area (TPSA) is 45.0 Å². The van der Waals surface area contributed by atoms with Crippen molar-refractivity contribution in [3.63, 3.8) is 0 Å². The van der Waals surface area contributed by atoms with Crippen molar-refractivity contribution < 1.29 is 5.11 Å². The summed E-state index contributed by atoms with van der Waals surface area (Å²) >= 11 is 0. The molecule has 0 amide bonds. The van der Waals surface area contributed by atoms with Crippen LogP contribution in [0.15, 0.2) is 45.6 Å². The van der Waals surface area contributed by atoms with Crippen molar-refractivity contribution in [2.24, 2.45) is 15.4 Å². The van der Waals surface area contributed by atoms with Crippen molar-refractivity contribution >= 4 is 11.9 Å². The van der Waals surface area contributed by atoms with Crippen LogP contribution in [-0.2, 0) is 0 Å². The third-order valence-corrected chi connectivity index (χ3v) is 3.64. The van der Waals surface area contributed by atoms with Crippen LogP contribution < -0.4 is 0 Å².